The van der Waals surface area contributed by atoms with Gasteiger partial charge < -0.3 is 5.11 Å². The number of alkyl halides is 3. The maximum Gasteiger partial charge on any atom is 0.435 e. The van der Waals surface area contributed by atoms with E-state index in [-0.39, 0.29) is 17.4 Å². The quantitative estimate of drug-likeness (QED) is 0.604. The third-order valence-electron chi connectivity index (χ3n) is 9.90. The third-order valence-corrected chi connectivity index (χ3v) is 9.90. The van der Waals surface area contributed by atoms with Gasteiger partial charge in [0.1, 0.15) is 0 Å². The first-order valence-electron chi connectivity index (χ1n) is 11.4. The number of aromatic nitrogens is 2. The predicted molar refractivity (Wildman–Crippen MR) is 104 cm³/mol. The van der Waals surface area contributed by atoms with Crippen LogP contribution in [0.2, 0.25) is 0 Å². The summed E-state index contributed by atoms with van der Waals surface area (Å²) in [6.07, 6.45) is 5.27. The van der Waals surface area contributed by atoms with Gasteiger partial charge in [-0.1, -0.05) is 13.8 Å². The predicted octanol–water partition coefficient (Wildman–Crippen LogP) is 5.92. The van der Waals surface area contributed by atoms with E-state index < -0.39 is 11.9 Å². The number of nitrogens with one attached hydrogen (secondary N) is 1. The van der Waals surface area contributed by atoms with Crippen molar-refractivity contribution in [3.8, 4) is 0 Å². The van der Waals surface area contributed by atoms with E-state index >= 15 is 0 Å². The van der Waals surface area contributed by atoms with Gasteiger partial charge in [-0.2, -0.15) is 18.3 Å². The summed E-state index contributed by atoms with van der Waals surface area (Å²) >= 11 is 0. The summed E-state index contributed by atoms with van der Waals surface area (Å²) < 4.78 is 39.2. The lowest BCUT2D eigenvalue weighted by Crippen LogP contribution is -2.53. The van der Waals surface area contributed by atoms with Crippen LogP contribution in [0.15, 0.2) is 6.07 Å². The summed E-state index contributed by atoms with van der Waals surface area (Å²) in [5, 5.41) is 16.5. The Morgan fingerprint density at radius 2 is 1.72 bits per heavy atom. The molecule has 5 rings (SSSR count). The summed E-state index contributed by atoms with van der Waals surface area (Å²) in [4.78, 5) is 0. The van der Waals surface area contributed by atoms with Crippen molar-refractivity contribution >= 4 is 0 Å². The van der Waals surface area contributed by atoms with Crippen LogP contribution in [0.25, 0.3) is 0 Å². The summed E-state index contributed by atoms with van der Waals surface area (Å²) in [6.45, 7) is 4.80. The fourth-order valence-electron chi connectivity index (χ4n) is 8.41. The monoisotopic (exact) mass is 410 g/mol. The van der Waals surface area contributed by atoms with Gasteiger partial charge in [-0.3, -0.25) is 5.10 Å². The average molecular weight is 411 g/mol. The number of hydrogen-bond acceptors (Lipinski definition) is 2. The van der Waals surface area contributed by atoms with Gasteiger partial charge in [0, 0.05) is 11.6 Å². The molecule has 8 atom stereocenters. The van der Waals surface area contributed by atoms with E-state index in [1.807, 2.05) is 0 Å². The number of aliphatic hydroxyl groups excluding tert-OH is 1. The van der Waals surface area contributed by atoms with E-state index in [4.69, 9.17) is 0 Å². The number of H-pyrrole nitrogens is 1. The lowest BCUT2D eigenvalue weighted by atomic mass is 9.44. The van der Waals surface area contributed by atoms with Crippen molar-refractivity contribution < 1.29 is 18.3 Å². The fourth-order valence-corrected chi connectivity index (χ4v) is 8.41. The summed E-state index contributed by atoms with van der Waals surface area (Å²) in [6, 6.07) is 1.26. The van der Waals surface area contributed by atoms with E-state index in [1.54, 1.807) is 0 Å². The van der Waals surface area contributed by atoms with Crippen molar-refractivity contribution in [3.63, 3.8) is 0 Å². The Kier molecular flexibility index (Phi) is 4.44. The van der Waals surface area contributed by atoms with E-state index in [9.17, 15) is 18.3 Å². The molecule has 0 radical (unpaired) electrons. The Hall–Kier alpha value is -1.04. The number of halogens is 3. The molecule has 0 bridgehead atoms. The highest BCUT2D eigenvalue weighted by Crippen LogP contribution is 2.68. The minimum absolute atomic E-state index is 0.0634. The molecule has 0 spiro atoms. The van der Waals surface area contributed by atoms with Crippen molar-refractivity contribution in [1.82, 2.24) is 10.2 Å². The summed E-state index contributed by atoms with van der Waals surface area (Å²) in [7, 11) is 0. The van der Waals surface area contributed by atoms with Crippen LogP contribution in [0.5, 0.6) is 0 Å². The molecule has 0 aliphatic heterocycles. The van der Waals surface area contributed by atoms with Crippen molar-refractivity contribution in [2.75, 3.05) is 0 Å². The number of aromatic amines is 1. The van der Waals surface area contributed by atoms with Gasteiger partial charge in [-0.05, 0) is 98.4 Å². The van der Waals surface area contributed by atoms with Crippen LogP contribution in [0.1, 0.15) is 88.9 Å². The van der Waals surface area contributed by atoms with Crippen LogP contribution in [-0.4, -0.2) is 21.4 Å². The molecular formula is C23H33F3N2O. The second kappa shape index (κ2) is 6.48. The molecule has 1 heterocycles. The van der Waals surface area contributed by atoms with Gasteiger partial charge >= 0.3 is 6.18 Å². The Balaban J connectivity index is 1.40. The molecule has 0 saturated heterocycles. The smallest absolute Gasteiger partial charge is 0.393 e. The molecule has 162 valence electrons. The van der Waals surface area contributed by atoms with Gasteiger partial charge in [0.2, 0.25) is 0 Å². The summed E-state index contributed by atoms with van der Waals surface area (Å²) in [5.74, 6) is 2.76. The first-order valence-corrected chi connectivity index (χ1v) is 11.4. The molecule has 4 saturated carbocycles. The number of nitrogens with zero attached hydrogens (tertiary/aromatic N) is 1. The molecule has 0 aromatic carbocycles. The zero-order valence-corrected chi connectivity index (χ0v) is 17.4. The highest BCUT2D eigenvalue weighted by atomic mass is 19.4. The maximum atomic E-state index is 13.1. The summed E-state index contributed by atoms with van der Waals surface area (Å²) in [5.41, 5.74) is 0.288. The van der Waals surface area contributed by atoms with E-state index in [0.717, 1.165) is 38.5 Å². The molecule has 4 fully saturated rings. The Morgan fingerprint density at radius 1 is 1.00 bits per heavy atom. The number of fused-ring (bicyclic) bond motifs is 5. The topological polar surface area (TPSA) is 48.9 Å². The van der Waals surface area contributed by atoms with Crippen LogP contribution < -0.4 is 0 Å². The van der Waals surface area contributed by atoms with Crippen LogP contribution in [0.4, 0.5) is 13.2 Å². The van der Waals surface area contributed by atoms with Gasteiger partial charge in [-0.15, -0.1) is 0 Å². The molecule has 0 unspecified atom stereocenters. The second-order valence-electron chi connectivity index (χ2n) is 11.0. The lowest BCUT2D eigenvalue weighted by Gasteiger charge is -2.61. The first kappa shape index (κ1) is 19.9. The largest absolute Gasteiger partial charge is 0.435 e. The molecule has 6 heteroatoms. The lowest BCUT2D eigenvalue weighted by molar-refractivity contribution is -0.141. The third kappa shape index (κ3) is 2.91. The first-order chi connectivity index (χ1) is 13.6. The van der Waals surface area contributed by atoms with Crippen LogP contribution in [0.3, 0.4) is 0 Å². The van der Waals surface area contributed by atoms with Gasteiger partial charge in [0.25, 0.3) is 0 Å². The number of hydrogen-bond donors (Lipinski definition) is 2. The van der Waals surface area contributed by atoms with Gasteiger partial charge in [0.05, 0.1) is 6.10 Å². The van der Waals surface area contributed by atoms with Crippen molar-refractivity contribution in [2.45, 2.75) is 89.8 Å². The highest BCUT2D eigenvalue weighted by molar-refractivity contribution is 5.22. The van der Waals surface area contributed by atoms with Gasteiger partial charge in [-0.25, -0.2) is 0 Å². The van der Waals surface area contributed by atoms with Crippen molar-refractivity contribution in [2.24, 2.45) is 34.5 Å². The maximum absolute atomic E-state index is 13.1. The zero-order chi connectivity index (χ0) is 20.6. The molecule has 1 aromatic heterocycles. The van der Waals surface area contributed by atoms with E-state index in [0.29, 0.717) is 34.8 Å². The SMILES string of the molecule is C[C@]12CC[C@@H](O)C[C@@H]1CC[C@H]1[C@H]2CC[C@]2(C)[C@@H]1CC[C@H]2c1cc(C(F)(F)F)n[nH]1. The van der Waals surface area contributed by atoms with Crippen molar-refractivity contribution in [1.29, 1.82) is 0 Å². The number of rotatable bonds is 1. The van der Waals surface area contributed by atoms with Crippen LogP contribution in [0, 0.1) is 34.5 Å². The highest BCUT2D eigenvalue weighted by Gasteiger charge is 2.60. The Bertz CT molecular complexity index is 776. The van der Waals surface area contributed by atoms with E-state index in [2.05, 4.69) is 24.0 Å². The standard InChI is InChI=1S/C23H33F3N2O/c1-21-9-7-14(29)11-13(21)3-4-15-16-5-6-18(22(16,2)10-8-17(15)21)19-12-20(28-27-19)23(24,25)26/h12-18,29H,3-11H2,1-2H3,(H,27,28)/t13-,14+,15+,16+,17+,18-,21-,22+/m0/s1. The molecule has 4 aliphatic carbocycles. The van der Waals surface area contributed by atoms with E-state index in [1.165, 1.54) is 25.3 Å². The molecular weight excluding hydrogens is 377 g/mol. The number of aliphatic hydroxyl groups is 1. The molecule has 1 aromatic rings. The second-order valence-corrected chi connectivity index (χ2v) is 11.0. The minimum atomic E-state index is -4.39. The van der Waals surface area contributed by atoms with Crippen molar-refractivity contribution in [3.05, 3.63) is 17.5 Å². The van der Waals surface area contributed by atoms with Crippen LogP contribution >= 0.6 is 0 Å². The fraction of sp³-hybridized carbons (Fsp3) is 0.870. The Labute approximate surface area is 170 Å². The molecule has 3 nitrogen and oxygen atoms in total. The van der Waals surface area contributed by atoms with Crippen LogP contribution in [-0.2, 0) is 6.18 Å². The zero-order valence-electron chi connectivity index (χ0n) is 17.4. The molecule has 0 amide bonds. The molecule has 2 N–H and O–H groups in total. The normalized spacial score (nSPS) is 47.4. The van der Waals surface area contributed by atoms with Gasteiger partial charge in [0.15, 0.2) is 5.69 Å². The minimum Gasteiger partial charge on any atom is -0.393 e. The molecule has 4 aliphatic rings. The molecule has 29 heavy (non-hydrogen) atoms. The Morgan fingerprint density at radius 3 is 2.45 bits per heavy atom. The average Bonchev–Trinajstić information content (AvgIpc) is 3.26.